The molecular weight excluding hydrogens is 372 g/mol. The smallest absolute Gasteiger partial charge is 0.410 e. The fourth-order valence-corrected chi connectivity index (χ4v) is 2.27. The van der Waals surface area contributed by atoms with Gasteiger partial charge >= 0.3 is 6.09 Å². The summed E-state index contributed by atoms with van der Waals surface area (Å²) in [5.74, 6) is 0. The Morgan fingerprint density at radius 2 is 1.57 bits per heavy atom. The largest absolute Gasteiger partial charge is 0.444 e. The lowest BCUT2D eigenvalue weighted by Gasteiger charge is -2.31. The third kappa shape index (κ3) is 11.1. The van der Waals surface area contributed by atoms with Crippen LogP contribution in [0.4, 0.5) is 4.79 Å². The fourth-order valence-electron chi connectivity index (χ4n) is 2.27. The molecule has 0 bridgehead atoms. The molecule has 0 saturated carbocycles. The number of hydrogen-bond donors (Lipinski definition) is 5. The number of carbonyl (C=O) groups is 1. The van der Waals surface area contributed by atoms with Crippen molar-refractivity contribution < 1.29 is 39.4 Å². The van der Waals surface area contributed by atoms with Crippen LogP contribution in [0.15, 0.2) is 0 Å². The minimum atomic E-state index is -1.01. The van der Waals surface area contributed by atoms with Gasteiger partial charge in [-0.15, -0.1) is 0 Å². The van der Waals surface area contributed by atoms with E-state index in [-0.39, 0.29) is 27.2 Å². The summed E-state index contributed by atoms with van der Waals surface area (Å²) in [6.07, 6.45) is -3.93. The van der Waals surface area contributed by atoms with Crippen molar-refractivity contribution in [3.05, 3.63) is 0 Å². The van der Waals surface area contributed by atoms with Crippen LogP contribution in [0.5, 0.6) is 0 Å². The molecule has 168 valence electrons. The maximum Gasteiger partial charge on any atom is 0.410 e. The average Bonchev–Trinajstić information content (AvgIpc) is 2.55. The normalized spacial score (nSPS) is 29.6. The van der Waals surface area contributed by atoms with Crippen molar-refractivity contribution in [1.29, 1.82) is 0 Å². The summed E-state index contributed by atoms with van der Waals surface area (Å²) in [5, 5.41) is 40.2. The second-order valence-electron chi connectivity index (χ2n) is 7.55. The molecule has 5 N–H and O–H groups in total. The highest BCUT2D eigenvalue weighted by Gasteiger charge is 2.28. The Hall–Kier alpha value is -1.01. The third-order valence-electron chi connectivity index (χ3n) is 3.81. The van der Waals surface area contributed by atoms with E-state index in [2.05, 4.69) is 5.32 Å². The van der Waals surface area contributed by atoms with Gasteiger partial charge in [-0.3, -0.25) is 0 Å². The number of ether oxygens (including phenoxy) is 3. The van der Waals surface area contributed by atoms with E-state index in [4.69, 9.17) is 24.4 Å². The van der Waals surface area contributed by atoms with Crippen LogP contribution < -0.4 is 5.32 Å². The number of nitrogens with one attached hydrogen (secondary N) is 1. The Kier molecular flexibility index (Phi) is 12.8. The van der Waals surface area contributed by atoms with Gasteiger partial charge < -0.3 is 44.9 Å². The van der Waals surface area contributed by atoms with Crippen LogP contribution >= 0.6 is 0 Å². The predicted molar refractivity (Wildman–Crippen MR) is 103 cm³/mol. The second kappa shape index (κ2) is 13.3. The maximum atomic E-state index is 11.8. The molecule has 0 aromatic carbocycles. The van der Waals surface area contributed by atoms with Gasteiger partial charge in [-0.2, -0.15) is 0 Å². The van der Waals surface area contributed by atoms with Crippen LogP contribution in [-0.2, 0) is 14.2 Å². The zero-order valence-corrected chi connectivity index (χ0v) is 16.3. The van der Waals surface area contributed by atoms with Crippen LogP contribution in [0, 0.1) is 0 Å². The van der Waals surface area contributed by atoms with Crippen LogP contribution in [0.1, 0.15) is 28.2 Å². The van der Waals surface area contributed by atoms with Gasteiger partial charge in [-0.1, -0.05) is 7.43 Å². The van der Waals surface area contributed by atoms with Gasteiger partial charge in [0.2, 0.25) is 0 Å². The zero-order chi connectivity index (χ0) is 20.4. The zero-order valence-electron chi connectivity index (χ0n) is 16.3. The summed E-state index contributed by atoms with van der Waals surface area (Å²) in [7, 11) is 0. The van der Waals surface area contributed by atoms with Crippen molar-refractivity contribution >= 4 is 6.09 Å². The lowest BCUT2D eigenvalue weighted by atomic mass is 10.2. The first-order chi connectivity index (χ1) is 12.6. The lowest BCUT2D eigenvalue weighted by Crippen LogP contribution is -2.48. The van der Waals surface area contributed by atoms with Crippen LogP contribution in [0.25, 0.3) is 0 Å². The van der Waals surface area contributed by atoms with Crippen molar-refractivity contribution in [1.82, 2.24) is 10.2 Å². The van der Waals surface area contributed by atoms with Crippen LogP contribution in [0.3, 0.4) is 0 Å². The highest BCUT2D eigenvalue weighted by molar-refractivity contribution is 5.68. The third-order valence-corrected chi connectivity index (χ3v) is 3.81. The van der Waals surface area contributed by atoms with Crippen LogP contribution in [0.2, 0.25) is 0 Å². The van der Waals surface area contributed by atoms with Gasteiger partial charge in [-0.05, 0) is 20.8 Å². The summed E-state index contributed by atoms with van der Waals surface area (Å²) in [6, 6.07) is 0. The number of nitrogens with zero attached hydrogens (tertiary/aromatic N) is 1. The van der Waals surface area contributed by atoms with E-state index in [1.165, 1.54) is 4.90 Å². The molecule has 10 nitrogen and oxygen atoms in total. The average molecular weight is 411 g/mol. The van der Waals surface area contributed by atoms with Crippen molar-refractivity contribution in [2.75, 3.05) is 52.6 Å². The Morgan fingerprint density at radius 3 is 2.18 bits per heavy atom. The summed E-state index contributed by atoms with van der Waals surface area (Å²) >= 11 is 0. The first kappa shape index (κ1) is 27.0. The fraction of sp³-hybridized carbons (Fsp3) is 0.944. The van der Waals surface area contributed by atoms with Crippen LogP contribution in [-0.4, -0.2) is 114 Å². The van der Waals surface area contributed by atoms with E-state index in [1.54, 1.807) is 20.8 Å². The van der Waals surface area contributed by atoms with Gasteiger partial charge in [0, 0.05) is 19.6 Å². The Balaban J connectivity index is 0.000000567. The molecule has 0 unspecified atom stereocenters. The summed E-state index contributed by atoms with van der Waals surface area (Å²) < 4.78 is 15.3. The van der Waals surface area contributed by atoms with Gasteiger partial charge in [0.15, 0.2) is 0 Å². The Morgan fingerprint density at radius 1 is 1.00 bits per heavy atom. The Labute approximate surface area is 167 Å². The van der Waals surface area contributed by atoms with Crippen molar-refractivity contribution in [2.45, 2.75) is 58.2 Å². The summed E-state index contributed by atoms with van der Waals surface area (Å²) in [6.45, 7) is 8.16. The minimum Gasteiger partial charge on any atom is -0.444 e. The standard InChI is InChI=1S/C11H21NO5.C6H13NO3.CH4/c1-11(2,3)17-10(15)12-4-5-16-7-9(14)8(13)6-12;8-5-3-7-1-2-10-4-6(5)9;/h8-9,13-14H,4-7H2,1-3H3;5-9H,1-4H2;1H4/t8-,9+;5-,6+;/m00./s1. The van der Waals surface area contributed by atoms with Gasteiger partial charge in [-0.25, -0.2) is 4.79 Å². The monoisotopic (exact) mass is 410 g/mol. The predicted octanol–water partition coefficient (Wildman–Crippen LogP) is -1.06. The van der Waals surface area contributed by atoms with E-state index in [1.807, 2.05) is 0 Å². The number of carbonyl (C=O) groups excluding carboxylic acids is 1. The molecule has 0 radical (unpaired) electrons. The van der Waals surface area contributed by atoms with Gasteiger partial charge in [0.05, 0.1) is 45.2 Å². The SMILES string of the molecule is C.CC(C)(C)OC(=O)N1CCOC[C@@H](O)[C@@H](O)C1.O[C@@H]1COCCNC[C@@H]1O. The van der Waals surface area contributed by atoms with Gasteiger partial charge in [0.25, 0.3) is 0 Å². The number of amides is 1. The van der Waals surface area contributed by atoms with Crippen molar-refractivity contribution in [3.8, 4) is 0 Å². The number of β-amino-alcohol motifs (C(OH)–C–C–N with tert-alkyl or cyclic N) is 2. The maximum absolute atomic E-state index is 11.8. The van der Waals surface area contributed by atoms with E-state index in [9.17, 15) is 15.0 Å². The first-order valence-corrected chi connectivity index (χ1v) is 9.16. The molecule has 0 spiro atoms. The number of rotatable bonds is 0. The molecule has 0 aromatic heterocycles. The molecule has 2 heterocycles. The summed E-state index contributed by atoms with van der Waals surface area (Å²) in [4.78, 5) is 13.1. The van der Waals surface area contributed by atoms with Crippen molar-refractivity contribution in [2.24, 2.45) is 0 Å². The van der Waals surface area contributed by atoms with Gasteiger partial charge in [0.1, 0.15) is 17.8 Å². The van der Waals surface area contributed by atoms with E-state index >= 15 is 0 Å². The molecule has 2 rings (SSSR count). The molecule has 0 aromatic rings. The highest BCUT2D eigenvalue weighted by Crippen LogP contribution is 2.12. The minimum absolute atomic E-state index is 0. The molecule has 2 fully saturated rings. The molecule has 2 aliphatic rings. The summed E-state index contributed by atoms with van der Waals surface area (Å²) in [5.41, 5.74) is -0.579. The molecule has 4 atom stereocenters. The number of aliphatic hydroxyl groups is 4. The molecule has 1 amide bonds. The lowest BCUT2D eigenvalue weighted by molar-refractivity contribution is -0.0729. The Bertz CT molecular complexity index is 420. The molecule has 2 aliphatic heterocycles. The van der Waals surface area contributed by atoms with E-state index < -0.39 is 36.1 Å². The topological polar surface area (TPSA) is 141 Å². The van der Waals surface area contributed by atoms with E-state index in [0.29, 0.717) is 26.3 Å². The van der Waals surface area contributed by atoms with E-state index in [0.717, 1.165) is 6.54 Å². The number of aliphatic hydroxyl groups excluding tert-OH is 4. The number of hydrogen-bond acceptors (Lipinski definition) is 9. The molecule has 2 saturated heterocycles. The molecule has 28 heavy (non-hydrogen) atoms. The first-order valence-electron chi connectivity index (χ1n) is 9.16. The highest BCUT2D eigenvalue weighted by atomic mass is 16.6. The molecule has 10 heteroatoms. The van der Waals surface area contributed by atoms with Crippen molar-refractivity contribution in [3.63, 3.8) is 0 Å². The molecular formula is C18H38N2O8. The quantitative estimate of drug-likeness (QED) is 0.338. The second-order valence-corrected chi connectivity index (χ2v) is 7.55. The molecule has 0 aliphatic carbocycles.